The van der Waals surface area contributed by atoms with Crippen molar-refractivity contribution < 1.29 is 4.74 Å². The molecule has 4 nitrogen and oxygen atoms in total. The monoisotopic (exact) mass is 325 g/mol. The van der Waals surface area contributed by atoms with Gasteiger partial charge in [0.1, 0.15) is 5.75 Å². The third kappa shape index (κ3) is 1.83. The SMILES string of the molecule is CC[C@H]1C[C@H]2C[C@H]3c4[nH]c5ccc(OC)c(N)c5c4CCN(C2)C13. The number of aromatic amines is 1. The number of fused-ring (bicyclic) bond motifs is 4. The zero-order valence-electron chi connectivity index (χ0n) is 14.6. The van der Waals surface area contributed by atoms with Crippen LogP contribution in [0.3, 0.4) is 0 Å². The van der Waals surface area contributed by atoms with E-state index in [9.17, 15) is 0 Å². The highest BCUT2D eigenvalue weighted by molar-refractivity contribution is 5.98. The largest absolute Gasteiger partial charge is 0.495 e. The van der Waals surface area contributed by atoms with Crippen LogP contribution in [0.15, 0.2) is 12.1 Å². The van der Waals surface area contributed by atoms with Gasteiger partial charge in [-0.3, -0.25) is 4.90 Å². The highest BCUT2D eigenvalue weighted by Gasteiger charge is 2.48. The number of nitrogens with one attached hydrogen (secondary N) is 1. The van der Waals surface area contributed by atoms with Crippen LogP contribution in [0.1, 0.15) is 43.4 Å². The highest BCUT2D eigenvalue weighted by Crippen LogP contribution is 2.51. The summed E-state index contributed by atoms with van der Waals surface area (Å²) in [6.07, 6.45) is 5.18. The number of methoxy groups -OCH3 is 1. The molecule has 24 heavy (non-hydrogen) atoms. The maximum atomic E-state index is 6.46. The van der Waals surface area contributed by atoms with Gasteiger partial charge in [-0.1, -0.05) is 13.3 Å². The van der Waals surface area contributed by atoms with Crippen molar-refractivity contribution in [3.8, 4) is 5.75 Å². The zero-order valence-corrected chi connectivity index (χ0v) is 14.6. The Kier molecular flexibility index (Phi) is 3.15. The number of ether oxygens (including phenoxy) is 1. The van der Waals surface area contributed by atoms with Crippen molar-refractivity contribution in [2.45, 2.75) is 44.6 Å². The van der Waals surface area contributed by atoms with Gasteiger partial charge in [-0.15, -0.1) is 0 Å². The van der Waals surface area contributed by atoms with E-state index in [4.69, 9.17) is 10.5 Å². The van der Waals surface area contributed by atoms with Crippen molar-refractivity contribution in [1.82, 2.24) is 9.88 Å². The minimum Gasteiger partial charge on any atom is -0.495 e. The standard InChI is InChI=1S/C20H27N3O/c1-3-12-8-11-9-14-19-13(6-7-23(10-11)20(12)14)17-15(22-19)4-5-16(24-2)18(17)21/h4-5,11-12,14,20,22H,3,6-10,21H2,1-2H3/t11-,12-,14-,20?/m0/s1. The van der Waals surface area contributed by atoms with Gasteiger partial charge in [0, 0.05) is 41.6 Å². The van der Waals surface area contributed by atoms with E-state index in [1.807, 2.05) is 6.07 Å². The van der Waals surface area contributed by atoms with Crippen molar-refractivity contribution in [2.24, 2.45) is 11.8 Å². The van der Waals surface area contributed by atoms with Crippen molar-refractivity contribution in [3.63, 3.8) is 0 Å². The third-order valence-electron chi connectivity index (χ3n) is 6.90. The van der Waals surface area contributed by atoms with Crippen LogP contribution in [-0.2, 0) is 6.42 Å². The van der Waals surface area contributed by atoms with Crippen molar-refractivity contribution in [2.75, 3.05) is 25.9 Å². The summed E-state index contributed by atoms with van der Waals surface area (Å²) in [6, 6.07) is 4.84. The fourth-order valence-corrected chi connectivity index (χ4v) is 5.98. The topological polar surface area (TPSA) is 54.3 Å². The molecule has 4 bridgehead atoms. The van der Waals surface area contributed by atoms with Crippen LogP contribution in [0.2, 0.25) is 0 Å². The van der Waals surface area contributed by atoms with Gasteiger partial charge < -0.3 is 15.5 Å². The Hall–Kier alpha value is -1.68. The lowest BCUT2D eigenvalue weighted by atomic mass is 9.65. The van der Waals surface area contributed by atoms with Gasteiger partial charge in [-0.25, -0.2) is 0 Å². The number of rotatable bonds is 2. The molecule has 1 aromatic carbocycles. The van der Waals surface area contributed by atoms with E-state index >= 15 is 0 Å². The molecule has 0 amide bonds. The number of benzene rings is 1. The molecule has 4 aliphatic rings. The van der Waals surface area contributed by atoms with E-state index in [0.29, 0.717) is 5.92 Å². The number of nitrogen functional groups attached to an aromatic ring is 1. The Labute approximate surface area is 143 Å². The molecule has 0 radical (unpaired) electrons. The average Bonchev–Trinajstić information content (AvgIpc) is 2.94. The molecule has 5 atom stereocenters. The van der Waals surface area contributed by atoms with Crippen LogP contribution < -0.4 is 10.5 Å². The van der Waals surface area contributed by atoms with E-state index < -0.39 is 0 Å². The maximum Gasteiger partial charge on any atom is 0.142 e. The van der Waals surface area contributed by atoms with Gasteiger partial charge >= 0.3 is 0 Å². The number of anilines is 1. The lowest BCUT2D eigenvalue weighted by Gasteiger charge is -2.53. The highest BCUT2D eigenvalue weighted by atomic mass is 16.5. The molecule has 3 N–H and O–H groups in total. The van der Waals surface area contributed by atoms with Crippen molar-refractivity contribution in [1.29, 1.82) is 0 Å². The molecule has 128 valence electrons. The van der Waals surface area contributed by atoms with Crippen molar-refractivity contribution in [3.05, 3.63) is 23.4 Å². The molecule has 2 saturated heterocycles. The first-order valence-corrected chi connectivity index (χ1v) is 9.42. The molecule has 4 heteroatoms. The predicted octanol–water partition coefficient (Wildman–Crippen LogP) is 3.52. The number of hydrogen-bond donors (Lipinski definition) is 2. The first-order chi connectivity index (χ1) is 11.7. The first-order valence-electron chi connectivity index (χ1n) is 9.42. The van der Waals surface area contributed by atoms with Gasteiger partial charge in [0.25, 0.3) is 0 Å². The quantitative estimate of drug-likeness (QED) is 0.831. The zero-order chi connectivity index (χ0) is 16.4. The second kappa shape index (κ2) is 5.16. The van der Waals surface area contributed by atoms with E-state index in [1.54, 1.807) is 7.11 Å². The molecule has 2 unspecified atom stereocenters. The van der Waals surface area contributed by atoms with Crippen LogP contribution in [0.5, 0.6) is 5.75 Å². The molecule has 1 saturated carbocycles. The van der Waals surface area contributed by atoms with E-state index in [2.05, 4.69) is 22.9 Å². The number of nitrogens with two attached hydrogens (primary N) is 1. The molecular formula is C20H27N3O. The Balaban J connectivity index is 1.70. The smallest absolute Gasteiger partial charge is 0.142 e. The number of H-pyrrole nitrogens is 1. The van der Waals surface area contributed by atoms with Crippen LogP contribution in [0, 0.1) is 11.8 Å². The summed E-state index contributed by atoms with van der Waals surface area (Å²) < 4.78 is 5.47. The second-order valence-corrected chi connectivity index (χ2v) is 7.97. The summed E-state index contributed by atoms with van der Waals surface area (Å²) in [4.78, 5) is 6.56. The van der Waals surface area contributed by atoms with E-state index in [1.165, 1.54) is 54.5 Å². The summed E-state index contributed by atoms with van der Waals surface area (Å²) in [6.45, 7) is 4.84. The van der Waals surface area contributed by atoms with Gasteiger partial charge in [-0.2, -0.15) is 0 Å². The molecular weight excluding hydrogens is 298 g/mol. The lowest BCUT2D eigenvalue weighted by molar-refractivity contribution is -0.0134. The number of piperidine rings is 2. The third-order valence-corrected chi connectivity index (χ3v) is 6.90. The molecule has 1 aromatic heterocycles. The minimum atomic E-state index is 0.651. The number of aromatic nitrogens is 1. The van der Waals surface area contributed by atoms with Crippen molar-refractivity contribution >= 4 is 16.6 Å². The van der Waals surface area contributed by atoms with Crippen LogP contribution in [0.4, 0.5) is 5.69 Å². The molecule has 3 fully saturated rings. The van der Waals surface area contributed by atoms with Crippen LogP contribution in [0.25, 0.3) is 10.9 Å². The molecule has 0 spiro atoms. The lowest BCUT2D eigenvalue weighted by Crippen LogP contribution is -2.56. The summed E-state index contributed by atoms with van der Waals surface area (Å²) in [5.74, 6) is 3.17. The Bertz CT molecular complexity index is 796. The fraction of sp³-hybridized carbons (Fsp3) is 0.600. The van der Waals surface area contributed by atoms with E-state index in [-0.39, 0.29) is 0 Å². The first kappa shape index (κ1) is 14.6. The predicted molar refractivity (Wildman–Crippen MR) is 97.6 cm³/mol. The fourth-order valence-electron chi connectivity index (χ4n) is 5.98. The molecule has 1 aliphatic carbocycles. The molecule has 3 aliphatic heterocycles. The minimum absolute atomic E-state index is 0.651. The van der Waals surface area contributed by atoms with Gasteiger partial charge in [0.15, 0.2) is 0 Å². The number of nitrogens with zero attached hydrogens (tertiary/aromatic N) is 1. The van der Waals surface area contributed by atoms with Crippen LogP contribution in [-0.4, -0.2) is 36.1 Å². The van der Waals surface area contributed by atoms with Gasteiger partial charge in [0.05, 0.1) is 12.8 Å². The Morgan fingerprint density at radius 2 is 2.21 bits per heavy atom. The van der Waals surface area contributed by atoms with Gasteiger partial charge in [-0.05, 0) is 48.8 Å². The summed E-state index contributed by atoms with van der Waals surface area (Å²) >= 11 is 0. The maximum absolute atomic E-state index is 6.46. The summed E-state index contributed by atoms with van der Waals surface area (Å²) in [7, 11) is 1.70. The Morgan fingerprint density at radius 1 is 1.33 bits per heavy atom. The molecule has 4 heterocycles. The summed E-state index contributed by atoms with van der Waals surface area (Å²) in [5.41, 5.74) is 11.4. The molecule has 6 rings (SSSR count). The molecule has 2 aromatic rings. The average molecular weight is 325 g/mol. The summed E-state index contributed by atoms with van der Waals surface area (Å²) in [5, 5.41) is 1.21. The second-order valence-electron chi connectivity index (χ2n) is 7.97. The Morgan fingerprint density at radius 3 is 3.00 bits per heavy atom. The van der Waals surface area contributed by atoms with E-state index in [0.717, 1.165) is 35.7 Å². The number of hydrogen-bond acceptors (Lipinski definition) is 3. The van der Waals surface area contributed by atoms with Gasteiger partial charge in [0.2, 0.25) is 0 Å². The van der Waals surface area contributed by atoms with Crippen LogP contribution >= 0.6 is 0 Å². The normalized spacial score (nSPS) is 34.2.